The number of azide groups is 1. The molecule has 0 spiro atoms. The Morgan fingerprint density at radius 3 is 2.70 bits per heavy atom. The molecule has 0 saturated carbocycles. The Balaban J connectivity index is 1.72. The van der Waals surface area contributed by atoms with Crippen LogP contribution in [0.15, 0.2) is 17.4 Å². The van der Waals surface area contributed by atoms with Crippen LogP contribution in [0.2, 0.25) is 0 Å². The fourth-order valence-electron chi connectivity index (χ4n) is 3.98. The lowest BCUT2D eigenvalue weighted by Crippen LogP contribution is -2.46. The van der Waals surface area contributed by atoms with Crippen molar-refractivity contribution in [3.63, 3.8) is 0 Å². The van der Waals surface area contributed by atoms with E-state index in [1.54, 1.807) is 11.1 Å². The van der Waals surface area contributed by atoms with Crippen molar-refractivity contribution >= 4 is 17.9 Å². The normalized spacial score (nSPS) is 22.2. The van der Waals surface area contributed by atoms with Crippen LogP contribution in [0.4, 0.5) is 16.6 Å². The molecule has 1 amide bonds. The number of rotatable bonds is 5. The Morgan fingerprint density at radius 1 is 1.30 bits per heavy atom. The van der Waals surface area contributed by atoms with Crippen molar-refractivity contribution in [1.82, 2.24) is 14.9 Å². The molecule has 10 heteroatoms. The molecule has 1 aromatic heterocycles. The van der Waals surface area contributed by atoms with E-state index in [4.69, 9.17) is 15.3 Å². The minimum atomic E-state index is -0.587. The number of hydrogen-bond donors (Lipinski definition) is 1. The van der Waals surface area contributed by atoms with E-state index in [0.29, 0.717) is 18.9 Å². The number of nitrogens with one attached hydrogen (secondary N) is 1. The van der Waals surface area contributed by atoms with Gasteiger partial charge in [-0.05, 0) is 51.6 Å². The van der Waals surface area contributed by atoms with Crippen molar-refractivity contribution in [2.24, 2.45) is 5.11 Å². The van der Waals surface area contributed by atoms with Crippen LogP contribution in [-0.4, -0.2) is 64.8 Å². The molecule has 0 radical (unpaired) electrons. The van der Waals surface area contributed by atoms with Gasteiger partial charge in [-0.25, -0.2) is 9.78 Å². The minimum absolute atomic E-state index is 0.123. The maximum Gasteiger partial charge on any atom is 0.410 e. The first-order valence-corrected chi connectivity index (χ1v) is 10.7. The summed E-state index contributed by atoms with van der Waals surface area (Å²) in [7, 11) is 0. The molecular weight excluding hydrogens is 384 g/mol. The zero-order valence-corrected chi connectivity index (χ0v) is 18.1. The molecule has 2 saturated heterocycles. The topological polar surface area (TPSA) is 119 Å². The van der Waals surface area contributed by atoms with Crippen molar-refractivity contribution in [3.05, 3.63) is 22.7 Å². The first kappa shape index (κ1) is 22.0. The summed E-state index contributed by atoms with van der Waals surface area (Å²) in [5.74, 6) is 1.45. The van der Waals surface area contributed by atoms with Gasteiger partial charge in [0.1, 0.15) is 11.4 Å². The van der Waals surface area contributed by atoms with Gasteiger partial charge in [-0.1, -0.05) is 18.0 Å². The van der Waals surface area contributed by atoms with Crippen LogP contribution in [-0.2, 0) is 4.74 Å². The van der Waals surface area contributed by atoms with E-state index in [1.165, 1.54) is 25.7 Å². The SMILES string of the molecule is CC(C)(C)OC(=O)N1CC[C@H](Nc2nccc(N3CCCCCC3)n2)[C@H]1CN=[N+]=[N-]. The molecular formula is C20H32N8O2. The molecule has 2 fully saturated rings. The van der Waals surface area contributed by atoms with E-state index in [2.05, 4.69) is 25.2 Å². The minimum Gasteiger partial charge on any atom is -0.444 e. The van der Waals surface area contributed by atoms with Gasteiger partial charge in [0.2, 0.25) is 5.95 Å². The summed E-state index contributed by atoms with van der Waals surface area (Å²) < 4.78 is 5.53. The predicted molar refractivity (Wildman–Crippen MR) is 115 cm³/mol. The second-order valence-corrected chi connectivity index (χ2v) is 8.83. The van der Waals surface area contributed by atoms with Crippen LogP contribution >= 0.6 is 0 Å². The molecule has 3 heterocycles. The van der Waals surface area contributed by atoms with Crippen LogP contribution in [0, 0.1) is 0 Å². The van der Waals surface area contributed by atoms with E-state index >= 15 is 0 Å². The average Bonchev–Trinajstić information content (AvgIpc) is 2.89. The summed E-state index contributed by atoms with van der Waals surface area (Å²) in [5, 5.41) is 7.08. The lowest BCUT2D eigenvalue weighted by molar-refractivity contribution is 0.0229. The van der Waals surface area contributed by atoms with Crippen LogP contribution in [0.1, 0.15) is 52.9 Å². The Morgan fingerprint density at radius 2 is 2.03 bits per heavy atom. The van der Waals surface area contributed by atoms with Gasteiger partial charge in [-0.3, -0.25) is 0 Å². The van der Waals surface area contributed by atoms with Crippen LogP contribution in [0.5, 0.6) is 0 Å². The number of carbonyl (C=O) groups excluding carboxylic acids is 1. The van der Waals surface area contributed by atoms with Crippen molar-refractivity contribution in [2.45, 2.75) is 70.6 Å². The molecule has 0 aliphatic carbocycles. The monoisotopic (exact) mass is 416 g/mol. The molecule has 3 rings (SSSR count). The standard InChI is InChI=1S/C20H32N8O2/c1-20(2,3)30-19(29)28-13-9-15(16(28)14-23-26-21)24-18-22-10-8-17(25-18)27-11-6-4-5-7-12-27/h8,10,15-16H,4-7,9,11-14H2,1-3H3,(H,22,24,25)/t15-,16+/m0/s1. The van der Waals surface area contributed by atoms with Gasteiger partial charge in [0.15, 0.2) is 0 Å². The number of ether oxygens (including phenoxy) is 1. The zero-order chi connectivity index (χ0) is 21.6. The number of hydrogen-bond acceptors (Lipinski definition) is 7. The van der Waals surface area contributed by atoms with Crippen molar-refractivity contribution in [1.29, 1.82) is 0 Å². The number of anilines is 2. The Hall–Kier alpha value is -2.74. The Labute approximate surface area is 177 Å². The highest BCUT2D eigenvalue weighted by Gasteiger charge is 2.39. The third-order valence-corrected chi connectivity index (χ3v) is 5.39. The summed E-state index contributed by atoms with van der Waals surface area (Å²) in [6.07, 6.45) is 6.93. The summed E-state index contributed by atoms with van der Waals surface area (Å²) in [5.41, 5.74) is 8.20. The first-order chi connectivity index (χ1) is 14.4. The number of amides is 1. The summed E-state index contributed by atoms with van der Waals surface area (Å²) >= 11 is 0. The lowest BCUT2D eigenvalue weighted by atomic mass is 10.1. The fourth-order valence-corrected chi connectivity index (χ4v) is 3.98. The largest absolute Gasteiger partial charge is 0.444 e. The molecule has 2 atom stereocenters. The van der Waals surface area contributed by atoms with E-state index in [-0.39, 0.29) is 18.6 Å². The maximum atomic E-state index is 12.6. The summed E-state index contributed by atoms with van der Waals surface area (Å²) in [6, 6.07) is 1.50. The van der Waals surface area contributed by atoms with E-state index in [0.717, 1.165) is 18.9 Å². The second kappa shape index (κ2) is 9.84. The van der Waals surface area contributed by atoms with Gasteiger partial charge in [0.25, 0.3) is 0 Å². The van der Waals surface area contributed by atoms with Crippen molar-refractivity contribution < 1.29 is 9.53 Å². The van der Waals surface area contributed by atoms with Crippen molar-refractivity contribution in [3.8, 4) is 0 Å². The zero-order valence-electron chi connectivity index (χ0n) is 18.1. The summed E-state index contributed by atoms with van der Waals surface area (Å²) in [4.78, 5) is 28.5. The number of carbonyl (C=O) groups is 1. The fraction of sp³-hybridized carbons (Fsp3) is 0.750. The lowest BCUT2D eigenvalue weighted by Gasteiger charge is -2.30. The quantitative estimate of drug-likeness (QED) is 0.441. The van der Waals surface area contributed by atoms with Crippen LogP contribution < -0.4 is 10.2 Å². The molecule has 0 aromatic carbocycles. The van der Waals surface area contributed by atoms with E-state index in [1.807, 2.05) is 26.8 Å². The number of aromatic nitrogens is 2. The van der Waals surface area contributed by atoms with Crippen LogP contribution in [0.25, 0.3) is 10.4 Å². The molecule has 0 bridgehead atoms. The highest BCUT2D eigenvalue weighted by molar-refractivity contribution is 5.69. The second-order valence-electron chi connectivity index (χ2n) is 8.83. The smallest absolute Gasteiger partial charge is 0.410 e. The van der Waals surface area contributed by atoms with Gasteiger partial charge in [-0.15, -0.1) is 0 Å². The molecule has 1 aromatic rings. The number of nitrogens with zero attached hydrogens (tertiary/aromatic N) is 7. The Kier molecular flexibility index (Phi) is 7.20. The average molecular weight is 417 g/mol. The Bertz CT molecular complexity index is 766. The maximum absolute atomic E-state index is 12.6. The van der Waals surface area contributed by atoms with Gasteiger partial charge in [0, 0.05) is 37.3 Å². The molecule has 0 unspecified atom stereocenters. The predicted octanol–water partition coefficient (Wildman–Crippen LogP) is 3.96. The third-order valence-electron chi connectivity index (χ3n) is 5.39. The van der Waals surface area contributed by atoms with Gasteiger partial charge >= 0.3 is 6.09 Å². The number of likely N-dealkylation sites (tertiary alicyclic amines) is 1. The van der Waals surface area contributed by atoms with E-state index in [9.17, 15) is 4.79 Å². The van der Waals surface area contributed by atoms with Crippen LogP contribution in [0.3, 0.4) is 0 Å². The van der Waals surface area contributed by atoms with Crippen molar-refractivity contribution in [2.75, 3.05) is 36.4 Å². The first-order valence-electron chi connectivity index (χ1n) is 10.7. The van der Waals surface area contributed by atoms with Gasteiger partial charge < -0.3 is 19.9 Å². The van der Waals surface area contributed by atoms with Gasteiger partial charge in [0.05, 0.1) is 12.1 Å². The summed E-state index contributed by atoms with van der Waals surface area (Å²) in [6.45, 7) is 8.20. The molecule has 10 nitrogen and oxygen atoms in total. The molecule has 164 valence electrons. The highest BCUT2D eigenvalue weighted by atomic mass is 16.6. The molecule has 1 N–H and O–H groups in total. The molecule has 30 heavy (non-hydrogen) atoms. The molecule has 2 aliphatic rings. The highest BCUT2D eigenvalue weighted by Crippen LogP contribution is 2.25. The third kappa shape index (κ3) is 5.89. The van der Waals surface area contributed by atoms with E-state index < -0.39 is 11.7 Å². The van der Waals surface area contributed by atoms with Gasteiger partial charge in [-0.2, -0.15) is 4.98 Å². The molecule has 2 aliphatic heterocycles.